The number of hydrogen-bond acceptors (Lipinski definition) is 4. The number of esters is 1. The summed E-state index contributed by atoms with van der Waals surface area (Å²) in [6, 6.07) is 22.6. The van der Waals surface area contributed by atoms with Crippen molar-refractivity contribution >= 4 is 45.6 Å². The van der Waals surface area contributed by atoms with Gasteiger partial charge in [-0.3, -0.25) is 0 Å². The van der Waals surface area contributed by atoms with Crippen molar-refractivity contribution in [3.05, 3.63) is 101 Å². The van der Waals surface area contributed by atoms with E-state index in [1.807, 2.05) is 0 Å². The molecule has 0 aliphatic heterocycles. The number of aliphatic imine (C=N–C) groups is 1. The van der Waals surface area contributed by atoms with E-state index in [0.29, 0.717) is 15.5 Å². The molecule has 3 nitrogen and oxygen atoms in total. The summed E-state index contributed by atoms with van der Waals surface area (Å²) in [4.78, 5) is 17.5. The molecule has 0 heterocycles. The first-order valence-electron chi connectivity index (χ1n) is 9.91. The van der Waals surface area contributed by atoms with Crippen molar-refractivity contribution < 1.29 is 22.7 Å². The number of thioether (sulfide) groups is 1. The summed E-state index contributed by atoms with van der Waals surface area (Å²) in [5.74, 6) is -1.11. The molecule has 0 aliphatic rings. The van der Waals surface area contributed by atoms with Gasteiger partial charge >= 0.3 is 12.1 Å². The van der Waals surface area contributed by atoms with Crippen LogP contribution in [0.15, 0.2) is 100 Å². The molecule has 0 saturated carbocycles. The van der Waals surface area contributed by atoms with Crippen LogP contribution in [0.5, 0.6) is 0 Å². The first kappa shape index (κ1) is 24.6. The zero-order valence-corrected chi connectivity index (χ0v) is 19.0. The molecule has 0 amide bonds. The minimum atomic E-state index is -4.92. The van der Waals surface area contributed by atoms with Crippen LogP contribution in [0.3, 0.4) is 0 Å². The minimum absolute atomic E-state index is 0.0653. The Labute approximate surface area is 199 Å². The quantitative estimate of drug-likeness (QED) is 0.147. The van der Waals surface area contributed by atoms with Crippen molar-refractivity contribution in [2.75, 3.05) is 6.61 Å². The predicted molar refractivity (Wildman–Crippen MR) is 127 cm³/mol. The third kappa shape index (κ3) is 6.73. The van der Waals surface area contributed by atoms with Gasteiger partial charge in [0, 0.05) is 14.8 Å². The Morgan fingerprint density at radius 1 is 0.939 bits per heavy atom. The topological polar surface area (TPSA) is 38.7 Å². The molecule has 0 aliphatic carbocycles. The van der Waals surface area contributed by atoms with Crippen LogP contribution in [-0.2, 0) is 9.53 Å². The van der Waals surface area contributed by atoms with E-state index in [0.717, 1.165) is 11.8 Å². The lowest BCUT2D eigenvalue weighted by Gasteiger charge is -2.18. The van der Waals surface area contributed by atoms with E-state index in [-0.39, 0.29) is 17.2 Å². The fourth-order valence-corrected chi connectivity index (χ4v) is 4.03. The third-order valence-electron chi connectivity index (χ3n) is 4.28. The van der Waals surface area contributed by atoms with E-state index in [1.54, 1.807) is 72.8 Å². The van der Waals surface area contributed by atoms with Gasteiger partial charge in [0.1, 0.15) is 5.57 Å². The predicted octanol–water partition coefficient (Wildman–Crippen LogP) is 7.74. The van der Waals surface area contributed by atoms with Crippen LogP contribution in [0.4, 0.5) is 18.9 Å². The van der Waals surface area contributed by atoms with Crippen LogP contribution < -0.4 is 0 Å². The molecular weight excluding hydrogens is 471 g/mol. The highest BCUT2D eigenvalue weighted by molar-refractivity contribution is 8.08. The second kappa shape index (κ2) is 11.2. The second-order valence-electron chi connectivity index (χ2n) is 6.64. The molecule has 3 rings (SSSR count). The summed E-state index contributed by atoms with van der Waals surface area (Å²) < 4.78 is 48.0. The molecule has 3 aromatic rings. The van der Waals surface area contributed by atoms with Gasteiger partial charge in [-0.2, -0.15) is 13.2 Å². The second-order valence-corrected chi connectivity index (χ2v) is 8.16. The number of hydrogen-bond donors (Lipinski definition) is 0. The number of rotatable bonds is 7. The number of para-hydroxylation sites is 1. The SMILES string of the molecule is CCOC(=O)/C(C(=Nc1ccccc1)C(F)(F)F)=C(/Sc1ccc(Cl)cc1)c1ccccc1. The first-order valence-corrected chi connectivity index (χ1v) is 11.1. The highest BCUT2D eigenvalue weighted by Crippen LogP contribution is 2.40. The normalized spacial score (nSPS) is 12.8. The van der Waals surface area contributed by atoms with Crippen molar-refractivity contribution in [3.8, 4) is 0 Å². The number of alkyl halides is 3. The summed E-state index contributed by atoms with van der Waals surface area (Å²) in [5.41, 5.74) is -1.49. The maximum Gasteiger partial charge on any atom is 0.434 e. The number of halogens is 4. The molecule has 0 atom stereocenters. The number of nitrogens with zero attached hydrogens (tertiary/aromatic N) is 1. The summed E-state index contributed by atoms with van der Waals surface area (Å²) >= 11 is 6.96. The van der Waals surface area contributed by atoms with E-state index >= 15 is 0 Å². The molecule has 8 heteroatoms. The van der Waals surface area contributed by atoms with Crippen LogP contribution in [0, 0.1) is 0 Å². The molecule has 3 aromatic carbocycles. The largest absolute Gasteiger partial charge is 0.462 e. The van der Waals surface area contributed by atoms with E-state index in [4.69, 9.17) is 16.3 Å². The average molecular weight is 490 g/mol. The van der Waals surface area contributed by atoms with E-state index < -0.39 is 23.4 Å². The molecule has 0 saturated heterocycles. The Balaban J connectivity index is 2.32. The van der Waals surface area contributed by atoms with Crippen LogP contribution in [0.1, 0.15) is 12.5 Å². The highest BCUT2D eigenvalue weighted by atomic mass is 35.5. The minimum Gasteiger partial charge on any atom is -0.462 e. The van der Waals surface area contributed by atoms with Crippen molar-refractivity contribution in [2.45, 2.75) is 18.0 Å². The Bertz CT molecular complexity index is 1150. The van der Waals surface area contributed by atoms with Crippen molar-refractivity contribution in [3.63, 3.8) is 0 Å². The van der Waals surface area contributed by atoms with Crippen molar-refractivity contribution in [2.24, 2.45) is 4.99 Å². The Hall–Kier alpha value is -3.03. The monoisotopic (exact) mass is 489 g/mol. The summed E-state index contributed by atoms with van der Waals surface area (Å²) in [7, 11) is 0. The Kier molecular flexibility index (Phi) is 8.36. The average Bonchev–Trinajstić information content (AvgIpc) is 2.80. The number of ether oxygens (including phenoxy) is 1. The van der Waals surface area contributed by atoms with Gasteiger partial charge in [-0.1, -0.05) is 71.9 Å². The van der Waals surface area contributed by atoms with Gasteiger partial charge in [-0.25, -0.2) is 9.79 Å². The molecule has 33 heavy (non-hydrogen) atoms. The van der Waals surface area contributed by atoms with Gasteiger partial charge in [0.2, 0.25) is 0 Å². The fourth-order valence-electron chi connectivity index (χ4n) is 2.86. The smallest absolute Gasteiger partial charge is 0.434 e. The lowest BCUT2D eigenvalue weighted by Crippen LogP contribution is -2.30. The lowest BCUT2D eigenvalue weighted by molar-refractivity contribution is -0.138. The maximum absolute atomic E-state index is 14.3. The van der Waals surface area contributed by atoms with Gasteiger partial charge in [0.25, 0.3) is 0 Å². The summed E-state index contributed by atoms with van der Waals surface area (Å²) in [5, 5.41) is 0.483. The zero-order valence-electron chi connectivity index (χ0n) is 17.5. The third-order valence-corrected chi connectivity index (χ3v) is 5.68. The molecule has 0 N–H and O–H groups in total. The van der Waals surface area contributed by atoms with Gasteiger partial charge in [0.15, 0.2) is 5.71 Å². The maximum atomic E-state index is 14.3. The van der Waals surface area contributed by atoms with E-state index in [9.17, 15) is 18.0 Å². The molecule has 0 bridgehead atoms. The number of carbonyl (C=O) groups excluding carboxylic acids is 1. The molecule has 0 fully saturated rings. The number of carbonyl (C=O) groups is 1. The summed E-state index contributed by atoms with van der Waals surface area (Å²) in [6.45, 7) is 1.44. The fraction of sp³-hybridized carbons (Fsp3) is 0.120. The van der Waals surface area contributed by atoms with E-state index in [2.05, 4.69) is 4.99 Å². The van der Waals surface area contributed by atoms with Gasteiger partial charge in [-0.05, 0) is 48.9 Å². The highest BCUT2D eigenvalue weighted by Gasteiger charge is 2.43. The molecule has 0 spiro atoms. The van der Waals surface area contributed by atoms with Crippen LogP contribution in [-0.4, -0.2) is 24.5 Å². The Morgan fingerprint density at radius 2 is 1.52 bits per heavy atom. The van der Waals surface area contributed by atoms with Gasteiger partial charge in [0.05, 0.1) is 12.3 Å². The van der Waals surface area contributed by atoms with Crippen molar-refractivity contribution in [1.82, 2.24) is 0 Å². The van der Waals surface area contributed by atoms with Crippen LogP contribution in [0.25, 0.3) is 4.91 Å². The molecule has 0 aromatic heterocycles. The van der Waals surface area contributed by atoms with E-state index in [1.165, 1.54) is 19.1 Å². The molecular formula is C25H19ClF3NO2S. The molecule has 0 radical (unpaired) electrons. The summed E-state index contributed by atoms with van der Waals surface area (Å²) in [6.07, 6.45) is -4.92. The Morgan fingerprint density at radius 3 is 2.06 bits per heavy atom. The molecule has 0 unspecified atom stereocenters. The van der Waals surface area contributed by atoms with Gasteiger partial charge in [-0.15, -0.1) is 0 Å². The zero-order chi connectivity index (χ0) is 23.8. The molecule has 170 valence electrons. The van der Waals surface area contributed by atoms with Crippen molar-refractivity contribution in [1.29, 1.82) is 0 Å². The van der Waals surface area contributed by atoms with Crippen LogP contribution in [0.2, 0.25) is 5.02 Å². The lowest BCUT2D eigenvalue weighted by atomic mass is 10.0. The standard InChI is InChI=1S/C25H19ClF3NO2S/c1-2-32-24(31)21(23(25(27,28)29)30-19-11-7-4-8-12-19)22(17-9-5-3-6-10-17)33-20-15-13-18(26)14-16-20/h3-16H,2H2,1H3/b22-21+,30-23?. The number of benzene rings is 3. The first-order chi connectivity index (χ1) is 15.8. The van der Waals surface area contributed by atoms with Gasteiger partial charge < -0.3 is 4.74 Å². The van der Waals surface area contributed by atoms with Crippen LogP contribution >= 0.6 is 23.4 Å².